The summed E-state index contributed by atoms with van der Waals surface area (Å²) >= 11 is 0. The molecule has 0 aliphatic rings. The van der Waals surface area contributed by atoms with Crippen molar-refractivity contribution in [3.8, 4) is 0 Å². The van der Waals surface area contributed by atoms with Crippen LogP contribution in [0.3, 0.4) is 0 Å². The topological polar surface area (TPSA) is 134 Å². The van der Waals surface area contributed by atoms with Crippen molar-refractivity contribution in [1.29, 1.82) is 0 Å². The molecule has 0 saturated heterocycles. The van der Waals surface area contributed by atoms with Crippen molar-refractivity contribution in [2.75, 3.05) is 26.4 Å². The van der Waals surface area contributed by atoms with Crippen LogP contribution < -0.4 is 5.73 Å². The summed E-state index contributed by atoms with van der Waals surface area (Å²) in [6, 6.07) is 0. The van der Waals surface area contributed by atoms with Crippen molar-refractivity contribution in [2.24, 2.45) is 5.73 Å². The van der Waals surface area contributed by atoms with E-state index in [0.717, 1.165) is 32.1 Å². The van der Waals surface area contributed by atoms with E-state index in [-0.39, 0.29) is 32.6 Å². The second-order valence-electron chi connectivity index (χ2n) is 14.2. The molecule has 0 aromatic carbocycles. The molecule has 10 heteroatoms. The molecule has 52 heavy (non-hydrogen) atoms. The highest BCUT2D eigenvalue weighted by molar-refractivity contribution is 7.47. The predicted molar refractivity (Wildman–Crippen MR) is 215 cm³/mol. The lowest BCUT2D eigenvalue weighted by Gasteiger charge is -2.19. The summed E-state index contributed by atoms with van der Waals surface area (Å²) in [4.78, 5) is 34.8. The number of allylic oxidation sites excluding steroid dienone is 4. The first-order valence-electron chi connectivity index (χ1n) is 21.3. The number of carbonyl (C=O) groups is 2. The van der Waals surface area contributed by atoms with E-state index in [1.807, 2.05) is 0 Å². The standard InChI is InChI=1S/C42H80NO8P/c1-3-5-7-9-11-13-15-17-19-20-21-23-24-26-28-30-32-34-41(44)48-38-40(39-50-52(46,47)49-37-36-43)51-42(45)35-33-31-29-27-25-22-18-16-14-12-10-8-6-4-2/h21,23,26,28,40H,3-20,22,24-25,27,29-39,43H2,1-2H3,(H,46,47)/b23-21+,28-26+/t40-/m1/s1. The van der Waals surface area contributed by atoms with Crippen molar-refractivity contribution in [2.45, 2.75) is 206 Å². The van der Waals surface area contributed by atoms with E-state index in [9.17, 15) is 19.0 Å². The van der Waals surface area contributed by atoms with Gasteiger partial charge in [0.1, 0.15) is 6.61 Å². The van der Waals surface area contributed by atoms with Gasteiger partial charge in [-0.15, -0.1) is 0 Å². The smallest absolute Gasteiger partial charge is 0.462 e. The Morgan fingerprint density at radius 2 is 1.02 bits per heavy atom. The van der Waals surface area contributed by atoms with Crippen molar-refractivity contribution in [1.82, 2.24) is 0 Å². The highest BCUT2D eigenvalue weighted by Gasteiger charge is 2.25. The van der Waals surface area contributed by atoms with Crippen LogP contribution in [0.2, 0.25) is 0 Å². The number of hydrogen-bond acceptors (Lipinski definition) is 8. The molecule has 0 spiro atoms. The molecule has 0 saturated carbocycles. The quantitative estimate of drug-likeness (QED) is 0.0271. The zero-order valence-corrected chi connectivity index (χ0v) is 34.4. The zero-order valence-electron chi connectivity index (χ0n) is 33.6. The van der Waals surface area contributed by atoms with Gasteiger partial charge >= 0.3 is 19.8 Å². The SMILES string of the molecule is CCCCCCCCCCC/C=C/C/C=C/CCCC(=O)OC[C@H](COP(=O)(O)OCCN)OC(=O)CCCCCCCCCCCCCCCC. The van der Waals surface area contributed by atoms with Gasteiger partial charge in [-0.3, -0.25) is 18.6 Å². The molecule has 0 amide bonds. The lowest BCUT2D eigenvalue weighted by Crippen LogP contribution is -2.29. The van der Waals surface area contributed by atoms with Crippen LogP contribution in [0.4, 0.5) is 0 Å². The highest BCUT2D eigenvalue weighted by atomic mass is 31.2. The largest absolute Gasteiger partial charge is 0.472 e. The number of phosphoric ester groups is 1. The minimum absolute atomic E-state index is 0.0500. The molecule has 0 aromatic rings. The van der Waals surface area contributed by atoms with Crippen LogP contribution in [0.15, 0.2) is 24.3 Å². The fraction of sp³-hybridized carbons (Fsp3) is 0.857. The maximum absolute atomic E-state index is 12.5. The molecule has 9 nitrogen and oxygen atoms in total. The van der Waals surface area contributed by atoms with Crippen molar-refractivity contribution >= 4 is 19.8 Å². The number of hydrogen-bond donors (Lipinski definition) is 2. The molecule has 0 aromatic heterocycles. The number of esters is 2. The first-order chi connectivity index (χ1) is 25.3. The minimum Gasteiger partial charge on any atom is -0.462 e. The Balaban J connectivity index is 4.20. The maximum atomic E-state index is 12.5. The lowest BCUT2D eigenvalue weighted by atomic mass is 10.0. The average molecular weight is 758 g/mol. The number of ether oxygens (including phenoxy) is 2. The molecule has 0 bridgehead atoms. The van der Waals surface area contributed by atoms with Crippen LogP contribution in [-0.2, 0) is 32.7 Å². The fourth-order valence-electron chi connectivity index (χ4n) is 5.91. The summed E-state index contributed by atoms with van der Waals surface area (Å²) < 4.78 is 32.7. The van der Waals surface area contributed by atoms with E-state index in [0.29, 0.717) is 12.8 Å². The predicted octanol–water partition coefficient (Wildman–Crippen LogP) is 12.0. The molecule has 0 aliphatic heterocycles. The zero-order chi connectivity index (χ0) is 38.2. The van der Waals surface area contributed by atoms with Crippen LogP contribution in [0.5, 0.6) is 0 Å². The number of rotatable bonds is 40. The number of nitrogens with two attached hydrogens (primary N) is 1. The van der Waals surface area contributed by atoms with Gasteiger partial charge in [-0.1, -0.05) is 173 Å². The number of carbonyl (C=O) groups excluding carboxylic acids is 2. The van der Waals surface area contributed by atoms with Gasteiger partial charge in [-0.2, -0.15) is 0 Å². The number of phosphoric acid groups is 1. The summed E-state index contributed by atoms with van der Waals surface area (Å²) in [6.07, 6.45) is 40.7. The van der Waals surface area contributed by atoms with Gasteiger partial charge in [-0.05, 0) is 38.5 Å². The van der Waals surface area contributed by atoms with E-state index in [1.54, 1.807) is 0 Å². The molecule has 0 rings (SSSR count). The first kappa shape index (κ1) is 50.5. The van der Waals surface area contributed by atoms with E-state index < -0.39 is 32.5 Å². The van der Waals surface area contributed by atoms with Crippen LogP contribution in [0.25, 0.3) is 0 Å². The maximum Gasteiger partial charge on any atom is 0.472 e. The van der Waals surface area contributed by atoms with Crippen LogP contribution in [0, 0.1) is 0 Å². The van der Waals surface area contributed by atoms with Crippen molar-refractivity contribution in [3.05, 3.63) is 24.3 Å². The van der Waals surface area contributed by atoms with E-state index >= 15 is 0 Å². The highest BCUT2D eigenvalue weighted by Crippen LogP contribution is 2.43. The fourth-order valence-corrected chi connectivity index (χ4v) is 6.67. The first-order valence-corrected chi connectivity index (χ1v) is 22.8. The Kier molecular flexibility index (Phi) is 38.1. The van der Waals surface area contributed by atoms with Gasteiger partial charge in [0.25, 0.3) is 0 Å². The van der Waals surface area contributed by atoms with Gasteiger partial charge in [-0.25, -0.2) is 4.57 Å². The average Bonchev–Trinajstić information content (AvgIpc) is 3.13. The van der Waals surface area contributed by atoms with Gasteiger partial charge in [0.2, 0.25) is 0 Å². The third-order valence-electron chi connectivity index (χ3n) is 9.09. The van der Waals surface area contributed by atoms with Gasteiger partial charge in [0.15, 0.2) is 6.10 Å². The van der Waals surface area contributed by atoms with Gasteiger partial charge in [0, 0.05) is 19.4 Å². The summed E-state index contributed by atoms with van der Waals surface area (Å²) in [7, 11) is -4.38. The van der Waals surface area contributed by atoms with Crippen molar-refractivity contribution in [3.63, 3.8) is 0 Å². The van der Waals surface area contributed by atoms with Crippen molar-refractivity contribution < 1.29 is 37.6 Å². The Morgan fingerprint density at radius 1 is 0.577 bits per heavy atom. The molecule has 0 aliphatic carbocycles. The summed E-state index contributed by atoms with van der Waals surface area (Å²) in [6.45, 7) is 3.70. The Hall–Kier alpha value is -1.51. The monoisotopic (exact) mass is 758 g/mol. The number of unbranched alkanes of at least 4 members (excludes halogenated alkanes) is 23. The molecule has 1 unspecified atom stereocenters. The Bertz CT molecular complexity index is 912. The van der Waals surface area contributed by atoms with E-state index in [4.69, 9.17) is 24.3 Å². The second-order valence-corrected chi connectivity index (χ2v) is 15.7. The van der Waals surface area contributed by atoms with Gasteiger partial charge < -0.3 is 20.1 Å². The minimum atomic E-state index is -4.38. The third-order valence-corrected chi connectivity index (χ3v) is 10.1. The van der Waals surface area contributed by atoms with E-state index in [1.165, 1.54) is 128 Å². The molecule has 0 radical (unpaired) electrons. The Labute approximate surface area is 319 Å². The third kappa shape index (κ3) is 38.2. The van der Waals surface area contributed by atoms with Crippen LogP contribution in [-0.4, -0.2) is 49.3 Å². The molecule has 306 valence electrons. The summed E-state index contributed by atoms with van der Waals surface area (Å²) in [5, 5.41) is 0. The molecule has 3 N–H and O–H groups in total. The molecule has 0 fully saturated rings. The summed E-state index contributed by atoms with van der Waals surface area (Å²) in [5.41, 5.74) is 5.34. The normalized spacial score (nSPS) is 13.5. The van der Waals surface area contributed by atoms with Crippen LogP contribution in [0.1, 0.15) is 200 Å². The molecular formula is C42H80NO8P. The van der Waals surface area contributed by atoms with Crippen LogP contribution >= 0.6 is 7.82 Å². The Morgan fingerprint density at radius 3 is 1.52 bits per heavy atom. The second kappa shape index (κ2) is 39.2. The molecule has 0 heterocycles. The molecule has 2 atom stereocenters. The molecular weight excluding hydrogens is 677 g/mol. The van der Waals surface area contributed by atoms with Gasteiger partial charge in [0.05, 0.1) is 13.2 Å². The lowest BCUT2D eigenvalue weighted by molar-refractivity contribution is -0.161. The van der Waals surface area contributed by atoms with E-state index in [2.05, 4.69) is 38.2 Å². The summed E-state index contributed by atoms with van der Waals surface area (Å²) in [5.74, 6) is -0.875.